The maximum atomic E-state index is 12.8. The highest BCUT2D eigenvalue weighted by Gasteiger charge is 2.19. The van der Waals surface area contributed by atoms with Crippen LogP contribution < -0.4 is 0 Å². The molecule has 0 N–H and O–H groups in total. The van der Waals surface area contributed by atoms with Crippen molar-refractivity contribution in [2.75, 3.05) is 13.2 Å². The molecule has 1 unspecified atom stereocenters. The predicted molar refractivity (Wildman–Crippen MR) is 270 cm³/mol. The van der Waals surface area contributed by atoms with Crippen LogP contribution in [0.25, 0.3) is 0 Å². The summed E-state index contributed by atoms with van der Waals surface area (Å²) < 4.78 is 16.7. The first-order valence-corrected chi connectivity index (χ1v) is 25.7. The van der Waals surface area contributed by atoms with Crippen molar-refractivity contribution in [1.29, 1.82) is 0 Å². The Morgan fingerprint density at radius 3 is 1.13 bits per heavy atom. The standard InChI is InChI=1S/C57H94O6/c1-4-7-10-13-16-19-21-23-25-27-28-30-31-33-35-38-41-44-47-50-56(59)62-53-54(52-61-55(58)49-46-43-40-37-18-15-12-9-6-3)63-57(60)51-48-45-42-39-36-34-32-29-26-24-22-20-17-14-11-8-5-2/h7,10,16,19,23-26,28,30,33,35,37,40-41,44,54H,4-6,8-9,11-15,17-18,20-22,27,29,31-32,34,36,38-39,42-43,45-53H2,1-3H3/b10-7-,19-16-,25-23-,26-24-,30-28-,35-33-,40-37-,44-41-. The number of unbranched alkanes of at least 4 members (excludes halogenated alkanes) is 18. The summed E-state index contributed by atoms with van der Waals surface area (Å²) in [5.41, 5.74) is 0. The summed E-state index contributed by atoms with van der Waals surface area (Å²) in [7, 11) is 0. The fourth-order valence-corrected chi connectivity index (χ4v) is 6.70. The Morgan fingerprint density at radius 1 is 0.333 bits per heavy atom. The van der Waals surface area contributed by atoms with Gasteiger partial charge in [-0.05, 0) is 103 Å². The lowest BCUT2D eigenvalue weighted by atomic mass is 10.1. The van der Waals surface area contributed by atoms with E-state index >= 15 is 0 Å². The molecule has 0 bridgehead atoms. The van der Waals surface area contributed by atoms with Crippen LogP contribution >= 0.6 is 0 Å². The Kier molecular flexibility index (Phi) is 48.0. The highest BCUT2D eigenvalue weighted by atomic mass is 16.6. The van der Waals surface area contributed by atoms with Crippen molar-refractivity contribution >= 4 is 17.9 Å². The number of ether oxygens (including phenoxy) is 3. The minimum absolute atomic E-state index is 0.119. The summed E-state index contributed by atoms with van der Waals surface area (Å²) in [6, 6.07) is 0. The third kappa shape index (κ3) is 49.2. The second-order valence-corrected chi connectivity index (χ2v) is 16.7. The lowest BCUT2D eigenvalue weighted by Crippen LogP contribution is -2.30. The summed E-state index contributed by atoms with van der Waals surface area (Å²) in [4.78, 5) is 37.8. The average Bonchev–Trinajstić information content (AvgIpc) is 3.28. The van der Waals surface area contributed by atoms with E-state index in [0.29, 0.717) is 25.7 Å². The number of hydrogen-bond donors (Lipinski definition) is 0. The predicted octanol–water partition coefficient (Wildman–Crippen LogP) is 17.0. The SMILES string of the molecule is CC/C=C\C/C=C\C/C=C\C/C=C\C/C=C\C/C=C\CCC(=O)OCC(COC(=O)CCC/C=C\CCCCCC)OC(=O)CCCCCCCCC/C=C\CCCCCCCC. The van der Waals surface area contributed by atoms with E-state index in [1.165, 1.54) is 103 Å². The van der Waals surface area contributed by atoms with Gasteiger partial charge in [0.2, 0.25) is 0 Å². The molecule has 63 heavy (non-hydrogen) atoms. The molecule has 0 aliphatic carbocycles. The van der Waals surface area contributed by atoms with E-state index in [1.54, 1.807) is 0 Å². The maximum absolute atomic E-state index is 12.8. The molecule has 0 aromatic heterocycles. The van der Waals surface area contributed by atoms with E-state index in [9.17, 15) is 14.4 Å². The summed E-state index contributed by atoms with van der Waals surface area (Å²) in [6.45, 7) is 6.38. The third-order valence-electron chi connectivity index (χ3n) is 10.6. The van der Waals surface area contributed by atoms with Crippen molar-refractivity contribution < 1.29 is 28.6 Å². The lowest BCUT2D eigenvalue weighted by Gasteiger charge is -2.18. The van der Waals surface area contributed by atoms with Gasteiger partial charge < -0.3 is 14.2 Å². The van der Waals surface area contributed by atoms with Crippen molar-refractivity contribution in [3.63, 3.8) is 0 Å². The first-order valence-electron chi connectivity index (χ1n) is 25.7. The van der Waals surface area contributed by atoms with Crippen LogP contribution in [-0.4, -0.2) is 37.2 Å². The molecule has 0 saturated carbocycles. The third-order valence-corrected chi connectivity index (χ3v) is 10.6. The molecule has 0 spiro atoms. The van der Waals surface area contributed by atoms with Gasteiger partial charge >= 0.3 is 17.9 Å². The quantitative estimate of drug-likeness (QED) is 0.0262. The fraction of sp³-hybridized carbons (Fsp3) is 0.667. The Bertz CT molecular complexity index is 1280. The summed E-state index contributed by atoms with van der Waals surface area (Å²) in [5.74, 6) is -1.05. The van der Waals surface area contributed by atoms with Gasteiger partial charge in [0, 0.05) is 19.3 Å². The molecule has 0 aromatic carbocycles. The van der Waals surface area contributed by atoms with Crippen LogP contribution in [0.5, 0.6) is 0 Å². The Labute approximate surface area is 387 Å². The van der Waals surface area contributed by atoms with Crippen LogP contribution in [0.4, 0.5) is 0 Å². The van der Waals surface area contributed by atoms with E-state index in [4.69, 9.17) is 14.2 Å². The fourth-order valence-electron chi connectivity index (χ4n) is 6.70. The van der Waals surface area contributed by atoms with E-state index in [1.807, 2.05) is 12.2 Å². The van der Waals surface area contributed by atoms with Gasteiger partial charge in [-0.1, -0.05) is 201 Å². The molecule has 0 radical (unpaired) electrons. The zero-order valence-electron chi connectivity index (χ0n) is 40.8. The van der Waals surface area contributed by atoms with Crippen LogP contribution in [0.3, 0.4) is 0 Å². The van der Waals surface area contributed by atoms with Gasteiger partial charge in [0.25, 0.3) is 0 Å². The number of allylic oxidation sites excluding steroid dienone is 16. The maximum Gasteiger partial charge on any atom is 0.306 e. The summed E-state index contributed by atoms with van der Waals surface area (Å²) in [6.07, 6.45) is 67.0. The summed E-state index contributed by atoms with van der Waals surface area (Å²) >= 11 is 0. The van der Waals surface area contributed by atoms with Crippen molar-refractivity contribution in [2.45, 2.75) is 232 Å². The van der Waals surface area contributed by atoms with Gasteiger partial charge in [-0.25, -0.2) is 0 Å². The monoisotopic (exact) mass is 875 g/mol. The number of esters is 3. The van der Waals surface area contributed by atoms with Crippen LogP contribution in [0, 0.1) is 0 Å². The molecular weight excluding hydrogens is 781 g/mol. The Morgan fingerprint density at radius 2 is 0.667 bits per heavy atom. The van der Waals surface area contributed by atoms with Crippen molar-refractivity contribution in [3.05, 3.63) is 97.2 Å². The highest BCUT2D eigenvalue weighted by molar-refractivity contribution is 5.71. The van der Waals surface area contributed by atoms with Crippen molar-refractivity contribution in [1.82, 2.24) is 0 Å². The molecule has 0 heterocycles. The lowest BCUT2D eigenvalue weighted by molar-refractivity contribution is -0.166. The number of rotatable bonds is 45. The van der Waals surface area contributed by atoms with Crippen molar-refractivity contribution in [2.24, 2.45) is 0 Å². The van der Waals surface area contributed by atoms with E-state index in [0.717, 1.165) is 70.6 Å². The van der Waals surface area contributed by atoms with Crippen LogP contribution in [0.15, 0.2) is 97.2 Å². The second kappa shape index (κ2) is 51.0. The molecule has 358 valence electrons. The molecule has 0 amide bonds. The molecule has 0 rings (SSSR count). The van der Waals surface area contributed by atoms with E-state index < -0.39 is 6.10 Å². The minimum Gasteiger partial charge on any atom is -0.462 e. The van der Waals surface area contributed by atoms with Gasteiger partial charge in [0.15, 0.2) is 6.10 Å². The zero-order chi connectivity index (χ0) is 45.8. The van der Waals surface area contributed by atoms with E-state index in [2.05, 4.69) is 106 Å². The normalized spacial score (nSPS) is 12.9. The van der Waals surface area contributed by atoms with Crippen LogP contribution in [0.1, 0.15) is 226 Å². The van der Waals surface area contributed by atoms with Crippen molar-refractivity contribution in [3.8, 4) is 0 Å². The molecule has 0 aromatic rings. The smallest absolute Gasteiger partial charge is 0.306 e. The van der Waals surface area contributed by atoms with Gasteiger partial charge in [-0.3, -0.25) is 14.4 Å². The molecule has 6 heteroatoms. The topological polar surface area (TPSA) is 78.9 Å². The number of hydrogen-bond acceptors (Lipinski definition) is 6. The molecule has 0 aliphatic heterocycles. The van der Waals surface area contributed by atoms with Gasteiger partial charge in [0.1, 0.15) is 13.2 Å². The van der Waals surface area contributed by atoms with Crippen LogP contribution in [0.2, 0.25) is 0 Å². The molecule has 6 nitrogen and oxygen atoms in total. The van der Waals surface area contributed by atoms with Gasteiger partial charge in [-0.2, -0.15) is 0 Å². The number of carbonyl (C=O) groups excluding carboxylic acids is 3. The molecule has 1 atom stereocenters. The Hall–Kier alpha value is -3.67. The first kappa shape index (κ1) is 59.3. The second-order valence-electron chi connectivity index (χ2n) is 16.7. The molecule has 0 aliphatic rings. The minimum atomic E-state index is -0.820. The van der Waals surface area contributed by atoms with Gasteiger partial charge in [-0.15, -0.1) is 0 Å². The number of carbonyl (C=O) groups is 3. The van der Waals surface area contributed by atoms with Crippen LogP contribution in [-0.2, 0) is 28.6 Å². The largest absolute Gasteiger partial charge is 0.462 e. The summed E-state index contributed by atoms with van der Waals surface area (Å²) in [5, 5.41) is 0. The zero-order valence-corrected chi connectivity index (χ0v) is 40.8. The molecular formula is C57H94O6. The first-order chi connectivity index (χ1) is 31.0. The highest BCUT2D eigenvalue weighted by Crippen LogP contribution is 2.13. The van der Waals surface area contributed by atoms with Gasteiger partial charge in [0.05, 0.1) is 0 Å². The van der Waals surface area contributed by atoms with E-state index in [-0.39, 0.29) is 37.5 Å². The molecule has 0 fully saturated rings. The Balaban J connectivity index is 4.47. The average molecular weight is 875 g/mol. The molecule has 0 saturated heterocycles.